The van der Waals surface area contributed by atoms with Crippen LogP contribution in [0.4, 0.5) is 14.7 Å². The molecule has 4 rings (SSSR count). The fourth-order valence-corrected chi connectivity index (χ4v) is 3.19. The molecule has 3 aromatic rings. The lowest BCUT2D eigenvalue weighted by Crippen LogP contribution is -2.46. The Morgan fingerprint density at radius 2 is 1.87 bits per heavy atom. The van der Waals surface area contributed by atoms with Crippen LogP contribution in [0.1, 0.15) is 5.89 Å². The second-order valence-electron chi connectivity index (χ2n) is 6.57. The van der Waals surface area contributed by atoms with Crippen LogP contribution in [0.5, 0.6) is 11.5 Å². The SMILES string of the molecule is COc1cc(-c2noc(CN3CCN(c4ncccn4)CC3)n2)ccc1OC(F)F. The van der Waals surface area contributed by atoms with Gasteiger partial charge in [0.1, 0.15) is 0 Å². The number of halogens is 2. The summed E-state index contributed by atoms with van der Waals surface area (Å²) in [6, 6.07) is 6.29. The van der Waals surface area contributed by atoms with Crippen LogP contribution < -0.4 is 14.4 Å². The summed E-state index contributed by atoms with van der Waals surface area (Å²) in [4.78, 5) is 17.3. The number of anilines is 1. The van der Waals surface area contributed by atoms with Crippen molar-refractivity contribution < 1.29 is 22.8 Å². The van der Waals surface area contributed by atoms with E-state index in [4.69, 9.17) is 9.26 Å². The number of rotatable bonds is 7. The van der Waals surface area contributed by atoms with Gasteiger partial charge in [0.2, 0.25) is 17.7 Å². The molecule has 30 heavy (non-hydrogen) atoms. The van der Waals surface area contributed by atoms with E-state index >= 15 is 0 Å². The summed E-state index contributed by atoms with van der Waals surface area (Å²) >= 11 is 0. The Kier molecular flexibility index (Phi) is 5.98. The first-order chi connectivity index (χ1) is 14.6. The van der Waals surface area contributed by atoms with Crippen LogP contribution in [0, 0.1) is 0 Å². The number of methoxy groups -OCH3 is 1. The first-order valence-corrected chi connectivity index (χ1v) is 9.32. The fraction of sp³-hybridized carbons (Fsp3) is 0.368. The Balaban J connectivity index is 1.38. The Morgan fingerprint density at radius 1 is 1.10 bits per heavy atom. The highest BCUT2D eigenvalue weighted by molar-refractivity contribution is 5.60. The Morgan fingerprint density at radius 3 is 2.57 bits per heavy atom. The molecule has 1 saturated heterocycles. The summed E-state index contributed by atoms with van der Waals surface area (Å²) in [5.74, 6) is 1.66. The largest absolute Gasteiger partial charge is 0.493 e. The molecule has 1 aliphatic heterocycles. The highest BCUT2D eigenvalue weighted by Gasteiger charge is 2.21. The minimum absolute atomic E-state index is 0.0553. The lowest BCUT2D eigenvalue weighted by Gasteiger charge is -2.33. The second kappa shape index (κ2) is 8.99. The standard InChI is InChI=1S/C19H20F2N6O3/c1-28-15-11-13(3-4-14(15)29-18(20)21)17-24-16(30-25-17)12-26-7-9-27(10-8-26)19-22-5-2-6-23-19/h2-6,11,18H,7-10,12H2,1H3. The maximum atomic E-state index is 12.5. The van der Waals surface area contributed by atoms with Crippen molar-refractivity contribution in [3.05, 3.63) is 42.5 Å². The Bertz CT molecular complexity index is 964. The molecule has 3 heterocycles. The van der Waals surface area contributed by atoms with Crippen molar-refractivity contribution in [2.75, 3.05) is 38.2 Å². The van der Waals surface area contributed by atoms with Crippen molar-refractivity contribution in [3.63, 3.8) is 0 Å². The molecule has 2 aromatic heterocycles. The molecule has 11 heteroatoms. The summed E-state index contributed by atoms with van der Waals surface area (Å²) in [5, 5.41) is 3.99. The van der Waals surface area contributed by atoms with E-state index in [1.807, 2.05) is 0 Å². The molecule has 0 aliphatic carbocycles. The van der Waals surface area contributed by atoms with Crippen LogP contribution in [-0.4, -0.2) is 64.9 Å². The number of alkyl halides is 2. The molecule has 0 atom stereocenters. The van der Waals surface area contributed by atoms with Gasteiger partial charge in [-0.05, 0) is 24.3 Å². The Labute approximate surface area is 171 Å². The Hall–Kier alpha value is -3.34. The summed E-state index contributed by atoms with van der Waals surface area (Å²) in [6.07, 6.45) is 3.46. The topological polar surface area (TPSA) is 89.6 Å². The molecule has 9 nitrogen and oxygen atoms in total. The van der Waals surface area contributed by atoms with Gasteiger partial charge in [-0.1, -0.05) is 5.16 Å². The molecule has 1 aliphatic rings. The zero-order valence-electron chi connectivity index (χ0n) is 16.2. The predicted molar refractivity (Wildman–Crippen MR) is 102 cm³/mol. The van der Waals surface area contributed by atoms with E-state index in [-0.39, 0.29) is 11.5 Å². The maximum absolute atomic E-state index is 12.5. The van der Waals surface area contributed by atoms with Crippen molar-refractivity contribution in [1.82, 2.24) is 25.0 Å². The third kappa shape index (κ3) is 4.62. The number of hydrogen-bond acceptors (Lipinski definition) is 9. The van der Waals surface area contributed by atoms with Gasteiger partial charge in [0.15, 0.2) is 11.5 Å². The molecule has 0 radical (unpaired) electrons. The van der Waals surface area contributed by atoms with Gasteiger partial charge in [0.05, 0.1) is 13.7 Å². The minimum atomic E-state index is -2.93. The van der Waals surface area contributed by atoms with E-state index in [0.717, 1.165) is 32.1 Å². The maximum Gasteiger partial charge on any atom is 0.387 e. The molecule has 0 bridgehead atoms. The van der Waals surface area contributed by atoms with Gasteiger partial charge < -0.3 is 18.9 Å². The third-order valence-corrected chi connectivity index (χ3v) is 4.67. The number of aromatic nitrogens is 4. The van der Waals surface area contributed by atoms with E-state index in [2.05, 4.69) is 34.6 Å². The van der Waals surface area contributed by atoms with Crippen LogP contribution in [0.15, 0.2) is 41.2 Å². The molecular weight excluding hydrogens is 398 g/mol. The normalized spacial score (nSPS) is 14.9. The second-order valence-corrected chi connectivity index (χ2v) is 6.57. The molecule has 1 aromatic carbocycles. The molecule has 0 saturated carbocycles. The highest BCUT2D eigenvalue weighted by atomic mass is 19.3. The van der Waals surface area contributed by atoms with Gasteiger partial charge in [-0.3, -0.25) is 4.90 Å². The van der Waals surface area contributed by atoms with Crippen molar-refractivity contribution in [1.29, 1.82) is 0 Å². The molecule has 0 N–H and O–H groups in total. The summed E-state index contributed by atoms with van der Waals surface area (Å²) < 4.78 is 39.9. The third-order valence-electron chi connectivity index (χ3n) is 4.67. The van der Waals surface area contributed by atoms with Gasteiger partial charge in [-0.2, -0.15) is 13.8 Å². The van der Waals surface area contributed by atoms with E-state index in [0.29, 0.717) is 23.8 Å². The van der Waals surface area contributed by atoms with E-state index in [1.54, 1.807) is 24.5 Å². The number of benzene rings is 1. The summed E-state index contributed by atoms with van der Waals surface area (Å²) in [5.41, 5.74) is 0.578. The van der Waals surface area contributed by atoms with Crippen molar-refractivity contribution in [3.8, 4) is 22.9 Å². The van der Waals surface area contributed by atoms with Gasteiger partial charge >= 0.3 is 6.61 Å². The van der Waals surface area contributed by atoms with E-state index in [9.17, 15) is 8.78 Å². The van der Waals surface area contributed by atoms with Crippen molar-refractivity contribution >= 4 is 5.95 Å². The number of hydrogen-bond donors (Lipinski definition) is 0. The quantitative estimate of drug-likeness (QED) is 0.574. The first-order valence-electron chi connectivity index (χ1n) is 9.32. The number of ether oxygens (including phenoxy) is 2. The van der Waals surface area contributed by atoms with E-state index < -0.39 is 6.61 Å². The smallest absolute Gasteiger partial charge is 0.387 e. The number of nitrogens with zero attached hydrogens (tertiary/aromatic N) is 6. The van der Waals surface area contributed by atoms with Crippen LogP contribution >= 0.6 is 0 Å². The zero-order valence-corrected chi connectivity index (χ0v) is 16.2. The average molecular weight is 418 g/mol. The molecular formula is C19H20F2N6O3. The number of piperazine rings is 1. The van der Waals surface area contributed by atoms with E-state index in [1.165, 1.54) is 19.2 Å². The molecule has 0 spiro atoms. The van der Waals surface area contributed by atoms with Crippen LogP contribution in [0.3, 0.4) is 0 Å². The average Bonchev–Trinajstić information content (AvgIpc) is 3.23. The lowest BCUT2D eigenvalue weighted by atomic mass is 10.2. The van der Waals surface area contributed by atoms with Crippen LogP contribution in [0.2, 0.25) is 0 Å². The molecule has 0 unspecified atom stereocenters. The zero-order chi connectivity index (χ0) is 20.9. The van der Waals surface area contributed by atoms with Crippen LogP contribution in [-0.2, 0) is 6.54 Å². The summed E-state index contributed by atoms with van der Waals surface area (Å²) in [6.45, 7) is 0.796. The monoisotopic (exact) mass is 418 g/mol. The first kappa shape index (κ1) is 20.0. The molecule has 158 valence electrons. The van der Waals surface area contributed by atoms with Gasteiger partial charge in [0.25, 0.3) is 0 Å². The lowest BCUT2D eigenvalue weighted by molar-refractivity contribution is -0.0512. The summed E-state index contributed by atoms with van der Waals surface area (Å²) in [7, 11) is 1.37. The minimum Gasteiger partial charge on any atom is -0.493 e. The van der Waals surface area contributed by atoms with Gasteiger partial charge in [0, 0.05) is 44.1 Å². The van der Waals surface area contributed by atoms with Gasteiger partial charge in [-0.15, -0.1) is 0 Å². The predicted octanol–water partition coefficient (Wildman–Crippen LogP) is 2.46. The highest BCUT2D eigenvalue weighted by Crippen LogP contribution is 2.32. The molecule has 1 fully saturated rings. The van der Waals surface area contributed by atoms with Crippen molar-refractivity contribution in [2.24, 2.45) is 0 Å². The fourth-order valence-electron chi connectivity index (χ4n) is 3.19. The van der Waals surface area contributed by atoms with Gasteiger partial charge in [-0.25, -0.2) is 9.97 Å². The van der Waals surface area contributed by atoms with Crippen LogP contribution in [0.25, 0.3) is 11.4 Å². The van der Waals surface area contributed by atoms with Crippen molar-refractivity contribution in [2.45, 2.75) is 13.2 Å². The molecule has 0 amide bonds.